The maximum atomic E-state index is 4.13. The Kier molecular flexibility index (Phi) is 8.75. The number of nitrogens with zero attached hydrogens (tertiary/aromatic N) is 1. The zero-order valence-corrected chi connectivity index (χ0v) is 16.4. The summed E-state index contributed by atoms with van der Waals surface area (Å²) in [7, 11) is 0. The van der Waals surface area contributed by atoms with E-state index in [9.17, 15) is 0 Å². The number of hydrogen-bond donors (Lipinski definition) is 1. The lowest BCUT2D eigenvalue weighted by molar-refractivity contribution is 0.699. The highest BCUT2D eigenvalue weighted by molar-refractivity contribution is 6.86. The third kappa shape index (κ3) is 6.55. The van der Waals surface area contributed by atoms with Crippen molar-refractivity contribution >= 4 is 17.6 Å². The fourth-order valence-corrected chi connectivity index (χ4v) is 3.26. The van der Waals surface area contributed by atoms with Crippen molar-refractivity contribution in [3.8, 4) is 0 Å². The second-order valence-electron chi connectivity index (χ2n) is 7.04. The third-order valence-corrected chi connectivity index (χ3v) is 4.56. The van der Waals surface area contributed by atoms with E-state index >= 15 is 0 Å². The Morgan fingerprint density at radius 1 is 0.885 bits per heavy atom. The summed E-state index contributed by atoms with van der Waals surface area (Å²) in [5, 5.41) is 0. The molecule has 3 rings (SSSR count). The number of rotatable bonds is 7. The summed E-state index contributed by atoms with van der Waals surface area (Å²) in [4.78, 5) is 7.22. The Morgan fingerprint density at radius 3 is 1.88 bits per heavy atom. The highest BCUT2D eigenvalue weighted by Gasteiger charge is 2.21. The number of benzene rings is 2. The summed E-state index contributed by atoms with van der Waals surface area (Å²) < 4.78 is 0. The van der Waals surface area contributed by atoms with Crippen molar-refractivity contribution in [1.82, 2.24) is 9.97 Å². The quantitative estimate of drug-likeness (QED) is 0.481. The van der Waals surface area contributed by atoms with Gasteiger partial charge in [0.05, 0.1) is 0 Å². The van der Waals surface area contributed by atoms with Crippen LogP contribution in [0.15, 0.2) is 73.1 Å². The van der Waals surface area contributed by atoms with Crippen LogP contribution in [0, 0.1) is 0 Å². The van der Waals surface area contributed by atoms with E-state index in [1.54, 1.807) is 6.20 Å². The van der Waals surface area contributed by atoms with Crippen LogP contribution in [0.1, 0.15) is 45.9 Å². The molecular weight excluding hydrogens is 315 g/mol. The van der Waals surface area contributed by atoms with Gasteiger partial charge in [-0.3, -0.25) is 0 Å². The number of hydrogen-bond acceptors (Lipinski definition) is 1. The van der Waals surface area contributed by atoms with Gasteiger partial charge in [-0.1, -0.05) is 111 Å². The summed E-state index contributed by atoms with van der Waals surface area (Å²) >= 11 is 0. The molecule has 0 aliphatic carbocycles. The first-order valence-electron chi connectivity index (χ1n) is 9.80. The molecule has 2 aromatic carbocycles. The molecule has 0 amide bonds. The number of aryl methyl sites for hydroxylation is 1. The van der Waals surface area contributed by atoms with Gasteiger partial charge in [-0.25, -0.2) is 4.98 Å². The number of imidazole rings is 1. The first kappa shape index (κ1) is 20.0. The number of unbranched alkanes of at least 4 members (excludes halogenated alkanes) is 2. The SMILES string of the molecule is CC(C)B(c1ccccc1)c1ccccc1.CCCCCc1ncc[nH]1. The molecule has 0 aliphatic heterocycles. The van der Waals surface area contributed by atoms with Gasteiger partial charge in [-0.05, 0) is 6.42 Å². The molecule has 2 nitrogen and oxygen atoms in total. The fraction of sp³-hybridized carbons (Fsp3) is 0.348. The van der Waals surface area contributed by atoms with Gasteiger partial charge in [0.25, 0.3) is 0 Å². The average Bonchev–Trinajstić information content (AvgIpc) is 3.18. The Balaban J connectivity index is 0.000000209. The van der Waals surface area contributed by atoms with E-state index < -0.39 is 0 Å². The first-order valence-corrected chi connectivity index (χ1v) is 9.80. The minimum Gasteiger partial charge on any atom is -0.349 e. The zero-order valence-electron chi connectivity index (χ0n) is 16.4. The number of aromatic nitrogens is 2. The Hall–Kier alpha value is -2.29. The molecule has 3 heteroatoms. The molecule has 0 fully saturated rings. The molecule has 0 saturated heterocycles. The molecule has 1 heterocycles. The van der Waals surface area contributed by atoms with Crippen molar-refractivity contribution < 1.29 is 0 Å². The van der Waals surface area contributed by atoms with Crippen molar-refractivity contribution in [2.24, 2.45) is 0 Å². The van der Waals surface area contributed by atoms with Crippen LogP contribution >= 0.6 is 0 Å². The standard InChI is InChI=1S/C15H17B.C8H14N2/c1-13(2)16(14-9-5-3-6-10-14)15-11-7-4-8-12-15;1-2-3-4-5-8-9-6-7-10-8/h3-13H,1-2H3;6-7H,2-5H2,1H3,(H,9,10). The molecule has 136 valence electrons. The lowest BCUT2D eigenvalue weighted by Gasteiger charge is -2.18. The average molecular weight is 346 g/mol. The monoisotopic (exact) mass is 346 g/mol. The van der Waals surface area contributed by atoms with Crippen LogP contribution in [0.4, 0.5) is 0 Å². The molecule has 0 unspecified atom stereocenters. The van der Waals surface area contributed by atoms with Crippen LogP contribution in [0.2, 0.25) is 5.82 Å². The summed E-state index contributed by atoms with van der Waals surface area (Å²) in [6.45, 7) is 7.28. The van der Waals surface area contributed by atoms with Crippen LogP contribution in [0.5, 0.6) is 0 Å². The van der Waals surface area contributed by atoms with Gasteiger partial charge in [0.1, 0.15) is 5.82 Å². The lowest BCUT2D eigenvalue weighted by atomic mass is 9.34. The third-order valence-electron chi connectivity index (χ3n) is 4.56. The summed E-state index contributed by atoms with van der Waals surface area (Å²) in [6, 6.07) is 21.5. The predicted molar refractivity (Wildman–Crippen MR) is 115 cm³/mol. The van der Waals surface area contributed by atoms with Crippen LogP contribution < -0.4 is 10.9 Å². The van der Waals surface area contributed by atoms with Gasteiger partial charge in [0, 0.05) is 18.8 Å². The highest BCUT2D eigenvalue weighted by atomic mass is 14.9. The van der Waals surface area contributed by atoms with E-state index in [2.05, 4.69) is 91.4 Å². The largest absolute Gasteiger partial charge is 0.349 e. The van der Waals surface area contributed by atoms with Crippen molar-refractivity contribution in [2.75, 3.05) is 0 Å². The molecule has 0 radical (unpaired) electrons. The van der Waals surface area contributed by atoms with Gasteiger partial charge in [-0.15, -0.1) is 0 Å². The Morgan fingerprint density at radius 2 is 1.46 bits per heavy atom. The second kappa shape index (κ2) is 11.4. The second-order valence-corrected chi connectivity index (χ2v) is 7.04. The van der Waals surface area contributed by atoms with E-state index in [0.29, 0.717) is 12.5 Å². The summed E-state index contributed by atoms with van der Waals surface area (Å²) in [5.41, 5.74) is 2.81. The van der Waals surface area contributed by atoms with Gasteiger partial charge < -0.3 is 4.98 Å². The molecule has 1 aromatic heterocycles. The number of nitrogens with one attached hydrogen (secondary N) is 1. The molecule has 26 heavy (non-hydrogen) atoms. The van der Waals surface area contributed by atoms with Crippen LogP contribution in [-0.4, -0.2) is 16.7 Å². The minimum atomic E-state index is 0.502. The molecule has 0 saturated carbocycles. The highest BCUT2D eigenvalue weighted by Crippen LogP contribution is 2.08. The van der Waals surface area contributed by atoms with Crippen molar-refractivity contribution in [3.05, 3.63) is 78.9 Å². The molecular formula is C23H31BN2. The van der Waals surface area contributed by atoms with Crippen LogP contribution in [0.25, 0.3) is 0 Å². The summed E-state index contributed by atoms with van der Waals surface area (Å²) in [6.07, 6.45) is 8.62. The first-order chi connectivity index (χ1) is 12.7. The smallest absolute Gasteiger partial charge is 0.211 e. The van der Waals surface area contributed by atoms with Crippen LogP contribution in [0.3, 0.4) is 0 Å². The van der Waals surface area contributed by atoms with Gasteiger partial charge >= 0.3 is 0 Å². The van der Waals surface area contributed by atoms with Crippen LogP contribution in [-0.2, 0) is 6.42 Å². The molecule has 0 atom stereocenters. The molecule has 3 aromatic rings. The maximum absolute atomic E-state index is 4.13. The molecule has 0 bridgehead atoms. The van der Waals surface area contributed by atoms with Gasteiger partial charge in [0.15, 0.2) is 0 Å². The van der Waals surface area contributed by atoms with Crippen molar-refractivity contribution in [1.29, 1.82) is 0 Å². The van der Waals surface area contributed by atoms with E-state index in [1.807, 2.05) is 6.20 Å². The maximum Gasteiger partial charge on any atom is 0.211 e. The topological polar surface area (TPSA) is 28.7 Å². The number of H-pyrrole nitrogens is 1. The Labute approximate surface area is 159 Å². The van der Waals surface area contributed by atoms with E-state index in [-0.39, 0.29) is 0 Å². The number of aromatic amines is 1. The Bertz CT molecular complexity index is 654. The fourth-order valence-electron chi connectivity index (χ4n) is 3.26. The lowest BCUT2D eigenvalue weighted by Crippen LogP contribution is -2.44. The van der Waals surface area contributed by atoms with E-state index in [0.717, 1.165) is 12.2 Å². The van der Waals surface area contributed by atoms with E-state index in [4.69, 9.17) is 0 Å². The normalized spacial score (nSPS) is 10.3. The van der Waals surface area contributed by atoms with Crippen molar-refractivity contribution in [3.63, 3.8) is 0 Å². The van der Waals surface area contributed by atoms with Crippen molar-refractivity contribution in [2.45, 2.75) is 52.3 Å². The van der Waals surface area contributed by atoms with E-state index in [1.165, 1.54) is 30.2 Å². The minimum absolute atomic E-state index is 0.502. The van der Waals surface area contributed by atoms with Gasteiger partial charge in [-0.2, -0.15) is 0 Å². The molecule has 0 aliphatic rings. The predicted octanol–water partition coefficient (Wildman–Crippen LogP) is 4.85. The zero-order chi connectivity index (χ0) is 18.6. The summed E-state index contributed by atoms with van der Waals surface area (Å²) in [5.74, 6) is 1.73. The molecule has 1 N–H and O–H groups in total. The molecule has 0 spiro atoms. The van der Waals surface area contributed by atoms with Gasteiger partial charge in [0.2, 0.25) is 6.71 Å².